The van der Waals surface area contributed by atoms with Gasteiger partial charge in [0.25, 0.3) is 0 Å². The first-order valence-corrected chi connectivity index (χ1v) is 15.2. The van der Waals surface area contributed by atoms with E-state index in [2.05, 4.69) is 69.2 Å². The normalized spacial score (nSPS) is 14.5. The van der Waals surface area contributed by atoms with Gasteiger partial charge in [-0.15, -0.1) is 0 Å². The average molecular weight is 453 g/mol. The molecule has 0 heteroatoms. The molecular formula is C32H68. The van der Waals surface area contributed by atoms with Crippen molar-refractivity contribution in [1.82, 2.24) is 0 Å². The van der Waals surface area contributed by atoms with E-state index in [0.29, 0.717) is 0 Å². The van der Waals surface area contributed by atoms with Gasteiger partial charge >= 0.3 is 0 Å². The van der Waals surface area contributed by atoms with Gasteiger partial charge in [0.15, 0.2) is 0 Å². The predicted octanol–water partition coefficient (Wildman–Crippen LogP) is 12.1. The first-order chi connectivity index (χ1) is 15.2. The summed E-state index contributed by atoms with van der Waals surface area (Å²) in [7, 11) is 0. The van der Waals surface area contributed by atoms with Crippen LogP contribution in [0, 0.1) is 35.5 Å². The molecule has 3 unspecified atom stereocenters. The molecule has 0 aromatic rings. The lowest BCUT2D eigenvalue weighted by Crippen LogP contribution is -2.00. The molecule has 0 N–H and O–H groups in total. The molecule has 0 aromatic heterocycles. The highest BCUT2D eigenvalue weighted by atomic mass is 14.1. The molecular weight excluding hydrogens is 384 g/mol. The number of hydrogen-bond donors (Lipinski definition) is 0. The summed E-state index contributed by atoms with van der Waals surface area (Å²) in [6.45, 7) is 23.6. The van der Waals surface area contributed by atoms with Gasteiger partial charge in [-0.2, -0.15) is 0 Å². The zero-order chi connectivity index (χ0) is 24.8. The van der Waals surface area contributed by atoms with Crippen LogP contribution in [0.15, 0.2) is 0 Å². The van der Waals surface area contributed by atoms with Crippen molar-refractivity contribution in [2.75, 3.05) is 0 Å². The van der Waals surface area contributed by atoms with Gasteiger partial charge in [-0.1, -0.05) is 172 Å². The Morgan fingerprint density at radius 2 is 0.688 bits per heavy atom. The maximum atomic E-state index is 2.44. The van der Waals surface area contributed by atoms with Gasteiger partial charge in [0.05, 0.1) is 0 Å². The molecule has 0 radical (unpaired) electrons. The molecule has 196 valence electrons. The molecule has 3 atom stereocenters. The molecule has 32 heavy (non-hydrogen) atoms. The maximum absolute atomic E-state index is 2.44. The van der Waals surface area contributed by atoms with Crippen LogP contribution in [0.3, 0.4) is 0 Å². The number of hydrogen-bond acceptors (Lipinski definition) is 0. The van der Waals surface area contributed by atoms with Crippen LogP contribution in [0.25, 0.3) is 0 Å². The van der Waals surface area contributed by atoms with Crippen molar-refractivity contribution in [3.63, 3.8) is 0 Å². The van der Waals surface area contributed by atoms with Crippen LogP contribution in [0.2, 0.25) is 0 Å². The lowest BCUT2D eigenvalue weighted by Gasteiger charge is -2.15. The summed E-state index contributed by atoms with van der Waals surface area (Å²) in [5.74, 6) is 5.62. The standard InChI is InChI=1S/2C16H34/c1-6-9-15(4)12-8-13-16(5)11-7-10-14(2)3;1-6-16(7-2)13-9-12-15(5)11-8-10-14(3)4/h2*14-16H,6-13H2,1-5H3. The van der Waals surface area contributed by atoms with Gasteiger partial charge in [-0.05, 0) is 35.5 Å². The second kappa shape index (κ2) is 24.1. The molecule has 0 saturated heterocycles. The summed E-state index contributed by atoms with van der Waals surface area (Å²) in [6.07, 6.45) is 22.8. The van der Waals surface area contributed by atoms with E-state index in [-0.39, 0.29) is 0 Å². The zero-order valence-corrected chi connectivity index (χ0v) is 24.8. The second-order valence-corrected chi connectivity index (χ2v) is 12.3. The fraction of sp³-hybridized carbons (Fsp3) is 1.00. The van der Waals surface area contributed by atoms with Crippen LogP contribution in [-0.4, -0.2) is 0 Å². The minimum atomic E-state index is 0.886. The summed E-state index contributed by atoms with van der Waals surface area (Å²) in [5.41, 5.74) is 0. The first kappa shape index (κ1) is 34.2. The van der Waals surface area contributed by atoms with Crippen molar-refractivity contribution in [3.8, 4) is 0 Å². The fourth-order valence-electron chi connectivity index (χ4n) is 4.94. The Labute approximate surface area is 207 Å². The minimum Gasteiger partial charge on any atom is -0.0654 e. The van der Waals surface area contributed by atoms with E-state index < -0.39 is 0 Å². The third kappa shape index (κ3) is 26.3. The zero-order valence-electron chi connectivity index (χ0n) is 24.8. The van der Waals surface area contributed by atoms with Crippen molar-refractivity contribution in [2.45, 2.75) is 172 Å². The largest absolute Gasteiger partial charge is 0.0654 e. The molecule has 0 rings (SSSR count). The average Bonchev–Trinajstić information content (AvgIpc) is 2.71. The Bertz CT molecular complexity index is 338. The molecule has 0 fully saturated rings. The van der Waals surface area contributed by atoms with Gasteiger partial charge in [0.1, 0.15) is 0 Å². The summed E-state index contributed by atoms with van der Waals surface area (Å²) in [4.78, 5) is 0. The van der Waals surface area contributed by atoms with E-state index in [1.165, 1.54) is 103 Å². The number of rotatable bonds is 20. The van der Waals surface area contributed by atoms with E-state index in [9.17, 15) is 0 Å². The van der Waals surface area contributed by atoms with Gasteiger partial charge in [-0.3, -0.25) is 0 Å². The monoisotopic (exact) mass is 453 g/mol. The molecule has 0 aliphatic carbocycles. The lowest BCUT2D eigenvalue weighted by molar-refractivity contribution is 0.380. The Hall–Kier alpha value is 0. The predicted molar refractivity (Wildman–Crippen MR) is 152 cm³/mol. The van der Waals surface area contributed by atoms with Crippen LogP contribution < -0.4 is 0 Å². The fourth-order valence-corrected chi connectivity index (χ4v) is 4.94. The SMILES string of the molecule is CCC(CC)CCCC(C)CCCC(C)C.CCCC(C)CCCC(C)CCCC(C)C. The first-order valence-electron chi connectivity index (χ1n) is 15.2. The third-order valence-electron chi connectivity index (χ3n) is 7.60. The van der Waals surface area contributed by atoms with Crippen LogP contribution >= 0.6 is 0 Å². The van der Waals surface area contributed by atoms with Crippen LogP contribution in [0.5, 0.6) is 0 Å². The van der Waals surface area contributed by atoms with Gasteiger partial charge in [-0.25, -0.2) is 0 Å². The molecule has 0 bridgehead atoms. The van der Waals surface area contributed by atoms with Gasteiger partial charge in [0, 0.05) is 0 Å². The van der Waals surface area contributed by atoms with Crippen molar-refractivity contribution < 1.29 is 0 Å². The summed E-state index contributed by atoms with van der Waals surface area (Å²) in [6, 6.07) is 0. The molecule has 0 heterocycles. The van der Waals surface area contributed by atoms with Crippen molar-refractivity contribution in [3.05, 3.63) is 0 Å². The summed E-state index contributed by atoms with van der Waals surface area (Å²) in [5, 5.41) is 0. The molecule has 0 aliphatic heterocycles. The Morgan fingerprint density at radius 3 is 1.00 bits per heavy atom. The Morgan fingerprint density at radius 1 is 0.375 bits per heavy atom. The highest BCUT2D eigenvalue weighted by molar-refractivity contribution is 4.60. The van der Waals surface area contributed by atoms with Crippen LogP contribution in [0.4, 0.5) is 0 Å². The van der Waals surface area contributed by atoms with Crippen LogP contribution in [-0.2, 0) is 0 Å². The summed E-state index contributed by atoms with van der Waals surface area (Å²) >= 11 is 0. The molecule has 0 aromatic carbocycles. The maximum Gasteiger partial charge on any atom is -0.0420 e. The quantitative estimate of drug-likeness (QED) is 0.172. The van der Waals surface area contributed by atoms with Gasteiger partial charge < -0.3 is 0 Å². The molecule has 0 aliphatic rings. The van der Waals surface area contributed by atoms with E-state index >= 15 is 0 Å². The molecule has 0 spiro atoms. The third-order valence-corrected chi connectivity index (χ3v) is 7.60. The highest BCUT2D eigenvalue weighted by Gasteiger charge is 2.07. The van der Waals surface area contributed by atoms with Crippen molar-refractivity contribution >= 4 is 0 Å². The Balaban J connectivity index is 0. The topological polar surface area (TPSA) is 0 Å². The van der Waals surface area contributed by atoms with E-state index in [1.807, 2.05) is 0 Å². The minimum absolute atomic E-state index is 0.886. The molecule has 0 nitrogen and oxygen atoms in total. The van der Waals surface area contributed by atoms with Crippen LogP contribution in [0.1, 0.15) is 172 Å². The van der Waals surface area contributed by atoms with E-state index in [1.54, 1.807) is 0 Å². The molecule has 0 amide bonds. The lowest BCUT2D eigenvalue weighted by atomic mass is 9.91. The van der Waals surface area contributed by atoms with E-state index in [0.717, 1.165) is 35.5 Å². The second-order valence-electron chi connectivity index (χ2n) is 12.3. The molecule has 0 saturated carbocycles. The van der Waals surface area contributed by atoms with E-state index in [4.69, 9.17) is 0 Å². The van der Waals surface area contributed by atoms with Crippen molar-refractivity contribution in [1.29, 1.82) is 0 Å². The van der Waals surface area contributed by atoms with Crippen molar-refractivity contribution in [2.24, 2.45) is 35.5 Å². The highest BCUT2D eigenvalue weighted by Crippen LogP contribution is 2.22. The van der Waals surface area contributed by atoms with Gasteiger partial charge in [0.2, 0.25) is 0 Å². The Kier molecular flexibility index (Phi) is 25.8. The summed E-state index contributed by atoms with van der Waals surface area (Å²) < 4.78 is 0. The smallest absolute Gasteiger partial charge is 0.0420 e.